The lowest BCUT2D eigenvalue weighted by atomic mass is 10.2. The van der Waals surface area contributed by atoms with E-state index in [1.165, 1.54) is 30.3 Å². The van der Waals surface area contributed by atoms with Gasteiger partial charge in [0.2, 0.25) is 0 Å². The molecule has 2 aromatic carbocycles. The van der Waals surface area contributed by atoms with Crippen LogP contribution in [0.4, 0.5) is 11.4 Å². The van der Waals surface area contributed by atoms with E-state index in [1.807, 2.05) is 0 Å². The summed E-state index contributed by atoms with van der Waals surface area (Å²) in [5.41, 5.74) is 0.928. The highest BCUT2D eigenvalue weighted by atomic mass is 80.9. The molecule has 29 heavy (non-hydrogen) atoms. The Morgan fingerprint density at radius 3 is 1.76 bits per heavy atom. The summed E-state index contributed by atoms with van der Waals surface area (Å²) in [6, 6.07) is 6.50. The van der Waals surface area contributed by atoms with Gasteiger partial charge in [-0.3, -0.25) is 25.0 Å². The number of carboxylic acid groups (broad SMARTS) is 1. The Hall–Kier alpha value is -2.25. The molecular weight excluding hydrogens is 588 g/mol. The zero-order valence-corrected chi connectivity index (χ0v) is 20.1. The van der Waals surface area contributed by atoms with Crippen molar-refractivity contribution in [2.75, 3.05) is 0 Å². The number of nitrogens with zero attached hydrogens (tertiary/aromatic N) is 2. The van der Waals surface area contributed by atoms with Gasteiger partial charge in [-0.15, -0.1) is 0 Å². The highest BCUT2D eigenvalue weighted by molar-refractivity contribution is 9.93. The number of nitro benzene ring substituents is 2. The standard InChI is InChI=1S/C7H6BrNO3.C7H7NO3.C2H4O2.Br2/c1-4-5(9(11)12)2-3-6(10)7(4)8;1-5-4-6(9)2-3-7(5)8(10)11;1-2(3)4;1-2/h2-3,10H,1H3;2-4,9H,1H3;1H3,(H,3,4);. The SMILES string of the molecule is BrBr.CC(=O)O.Cc1c([N+](=O)[O-])ccc(O)c1Br.Cc1cc(O)ccc1[N+](=O)[O-]. The van der Waals surface area contributed by atoms with E-state index in [9.17, 15) is 20.2 Å². The number of aryl methyl sites for hydroxylation is 1. The van der Waals surface area contributed by atoms with Crippen molar-refractivity contribution < 1.29 is 30.0 Å². The second kappa shape index (κ2) is 14.7. The topological polar surface area (TPSA) is 164 Å². The molecule has 0 saturated carbocycles. The number of aromatic hydroxyl groups is 2. The Labute approximate surface area is 189 Å². The first kappa shape index (κ1) is 29.0. The zero-order valence-electron chi connectivity index (χ0n) is 15.3. The van der Waals surface area contributed by atoms with Gasteiger partial charge < -0.3 is 15.3 Å². The maximum atomic E-state index is 10.4. The minimum atomic E-state index is -0.833. The van der Waals surface area contributed by atoms with E-state index in [0.29, 0.717) is 15.6 Å². The monoisotopic (exact) mass is 602 g/mol. The summed E-state index contributed by atoms with van der Waals surface area (Å²) in [5, 5.41) is 46.1. The first-order valence-corrected chi connectivity index (χ1v) is 11.8. The average Bonchev–Trinajstić information content (AvgIpc) is 2.61. The first-order chi connectivity index (χ1) is 13.4. The number of carbonyl (C=O) groups is 1. The van der Waals surface area contributed by atoms with Crippen LogP contribution in [0, 0.1) is 34.1 Å². The Morgan fingerprint density at radius 2 is 1.38 bits per heavy atom. The van der Waals surface area contributed by atoms with Gasteiger partial charge >= 0.3 is 0 Å². The van der Waals surface area contributed by atoms with Gasteiger partial charge in [0.05, 0.1) is 14.3 Å². The van der Waals surface area contributed by atoms with Gasteiger partial charge in [0.15, 0.2) is 0 Å². The molecule has 2 rings (SSSR count). The molecule has 0 spiro atoms. The molecule has 0 unspecified atom stereocenters. The molecular formula is C16H17Br3N2O8. The van der Waals surface area contributed by atoms with E-state index >= 15 is 0 Å². The Morgan fingerprint density at radius 1 is 0.966 bits per heavy atom. The quantitative estimate of drug-likeness (QED) is 0.287. The largest absolute Gasteiger partial charge is 0.508 e. The predicted molar refractivity (Wildman–Crippen MR) is 118 cm³/mol. The maximum absolute atomic E-state index is 10.4. The van der Waals surface area contributed by atoms with Crippen LogP contribution in [0.15, 0.2) is 34.8 Å². The summed E-state index contributed by atoms with van der Waals surface area (Å²) in [6.07, 6.45) is 0. The van der Waals surface area contributed by atoms with Gasteiger partial charge in [0.25, 0.3) is 17.3 Å². The lowest BCUT2D eigenvalue weighted by molar-refractivity contribution is -0.385. The molecule has 0 aliphatic rings. The number of phenolic OH excluding ortho intramolecular Hbond substituents is 2. The van der Waals surface area contributed by atoms with Crippen LogP contribution in [0.1, 0.15) is 18.1 Å². The molecule has 0 amide bonds. The third-order valence-corrected chi connectivity index (χ3v) is 3.91. The van der Waals surface area contributed by atoms with E-state index in [4.69, 9.17) is 20.1 Å². The van der Waals surface area contributed by atoms with Crippen LogP contribution < -0.4 is 0 Å². The molecule has 0 fully saturated rings. The van der Waals surface area contributed by atoms with Gasteiger partial charge in [-0.1, -0.05) is 0 Å². The van der Waals surface area contributed by atoms with E-state index in [-0.39, 0.29) is 22.9 Å². The second-order valence-electron chi connectivity index (χ2n) is 5.05. The van der Waals surface area contributed by atoms with E-state index < -0.39 is 15.8 Å². The van der Waals surface area contributed by atoms with Gasteiger partial charge in [-0.25, -0.2) is 0 Å². The first-order valence-electron chi connectivity index (χ1n) is 7.28. The number of hydrogen-bond donors (Lipinski definition) is 3. The maximum Gasteiger partial charge on any atom is 0.300 e. The molecule has 0 aliphatic carbocycles. The normalized spacial score (nSPS) is 8.76. The van der Waals surface area contributed by atoms with Crippen molar-refractivity contribution in [3.63, 3.8) is 0 Å². The number of carboxylic acids is 1. The van der Waals surface area contributed by atoms with Crippen molar-refractivity contribution >= 4 is 61.5 Å². The third kappa shape index (κ3) is 11.4. The smallest absolute Gasteiger partial charge is 0.300 e. The summed E-state index contributed by atoms with van der Waals surface area (Å²) in [4.78, 5) is 28.7. The molecule has 0 aliphatic heterocycles. The van der Waals surface area contributed by atoms with Gasteiger partial charge in [0, 0.05) is 58.4 Å². The zero-order chi connectivity index (χ0) is 23.3. The number of aliphatic carboxylic acids is 1. The van der Waals surface area contributed by atoms with Crippen molar-refractivity contribution in [1.29, 1.82) is 0 Å². The van der Waals surface area contributed by atoms with Crippen LogP contribution in [0.3, 0.4) is 0 Å². The van der Waals surface area contributed by atoms with Crippen molar-refractivity contribution in [2.45, 2.75) is 20.8 Å². The van der Waals surface area contributed by atoms with Crippen LogP contribution in [0.25, 0.3) is 0 Å². The van der Waals surface area contributed by atoms with Gasteiger partial charge in [0.1, 0.15) is 11.5 Å². The molecule has 0 aromatic heterocycles. The molecule has 10 nitrogen and oxygen atoms in total. The van der Waals surface area contributed by atoms with Crippen LogP contribution >= 0.6 is 44.2 Å². The Bertz CT molecular complexity index is 858. The number of benzene rings is 2. The molecule has 0 saturated heterocycles. The average molecular weight is 605 g/mol. The van der Waals surface area contributed by atoms with Crippen molar-refractivity contribution in [2.24, 2.45) is 0 Å². The number of nitro groups is 2. The van der Waals surface area contributed by atoms with Crippen LogP contribution in [0.5, 0.6) is 11.5 Å². The van der Waals surface area contributed by atoms with E-state index in [0.717, 1.165) is 6.92 Å². The lowest BCUT2D eigenvalue weighted by Crippen LogP contribution is -1.91. The summed E-state index contributed by atoms with van der Waals surface area (Å²) < 4.78 is 0.372. The fourth-order valence-corrected chi connectivity index (χ4v) is 2.04. The number of halogens is 3. The van der Waals surface area contributed by atoms with Gasteiger partial charge in [-0.2, -0.15) is 0 Å². The summed E-state index contributed by atoms with van der Waals surface area (Å²) in [6.45, 7) is 4.24. The van der Waals surface area contributed by atoms with Crippen molar-refractivity contribution in [3.8, 4) is 11.5 Å². The molecule has 3 N–H and O–H groups in total. The molecule has 0 radical (unpaired) electrons. The molecule has 13 heteroatoms. The van der Waals surface area contributed by atoms with Gasteiger partial charge in [-0.05, 0) is 48.0 Å². The highest BCUT2D eigenvalue weighted by Gasteiger charge is 2.14. The van der Waals surface area contributed by atoms with E-state index in [1.54, 1.807) is 13.8 Å². The van der Waals surface area contributed by atoms with Crippen LogP contribution in [-0.4, -0.2) is 31.1 Å². The molecule has 0 atom stereocenters. The lowest BCUT2D eigenvalue weighted by Gasteiger charge is -2.00. The molecule has 160 valence electrons. The Balaban J connectivity index is 0. The molecule has 0 bridgehead atoms. The second-order valence-corrected chi connectivity index (χ2v) is 5.84. The molecule has 0 heterocycles. The van der Waals surface area contributed by atoms with Crippen LogP contribution in [0.2, 0.25) is 0 Å². The number of rotatable bonds is 2. The van der Waals surface area contributed by atoms with Crippen molar-refractivity contribution in [1.82, 2.24) is 0 Å². The predicted octanol–water partition coefficient (Wildman–Crippen LogP) is 5.76. The highest BCUT2D eigenvalue weighted by Crippen LogP contribution is 2.32. The Kier molecular flexibility index (Phi) is 14.7. The van der Waals surface area contributed by atoms with Crippen molar-refractivity contribution in [3.05, 3.63) is 66.2 Å². The fourth-order valence-electron chi connectivity index (χ4n) is 1.70. The minimum absolute atomic E-state index is 0.000301. The number of hydrogen-bond acceptors (Lipinski definition) is 7. The summed E-state index contributed by atoms with van der Waals surface area (Å²) in [5.74, 6) is -0.772. The third-order valence-electron chi connectivity index (χ3n) is 2.91. The minimum Gasteiger partial charge on any atom is -0.508 e. The number of phenols is 2. The fraction of sp³-hybridized carbons (Fsp3) is 0.188. The summed E-state index contributed by atoms with van der Waals surface area (Å²) >= 11 is 8.54. The molecule has 2 aromatic rings. The van der Waals surface area contributed by atoms with Crippen LogP contribution in [-0.2, 0) is 4.79 Å². The van der Waals surface area contributed by atoms with E-state index in [2.05, 4.69) is 44.2 Å². The summed E-state index contributed by atoms with van der Waals surface area (Å²) in [7, 11) is 0.